The second-order valence-corrected chi connectivity index (χ2v) is 8.77. The molecule has 0 fully saturated rings. The zero-order valence-corrected chi connectivity index (χ0v) is 18.9. The monoisotopic (exact) mass is 437 g/mol. The van der Waals surface area contributed by atoms with Crippen molar-refractivity contribution in [2.75, 3.05) is 25.7 Å². The van der Waals surface area contributed by atoms with Gasteiger partial charge in [-0.05, 0) is 56.5 Å². The van der Waals surface area contributed by atoms with Gasteiger partial charge in [0.2, 0.25) is 0 Å². The number of nitrogens with zero attached hydrogens (tertiary/aromatic N) is 2. The Kier molecular flexibility index (Phi) is 5.54. The molecule has 3 aromatic rings. The molecule has 1 aliphatic heterocycles. The molecule has 0 atom stereocenters. The summed E-state index contributed by atoms with van der Waals surface area (Å²) in [5, 5.41) is 8.07. The number of benzene rings is 2. The number of amides is 1. The van der Waals surface area contributed by atoms with E-state index in [9.17, 15) is 9.59 Å². The van der Waals surface area contributed by atoms with Gasteiger partial charge in [0.25, 0.3) is 5.56 Å². The molecule has 8 heteroatoms. The van der Waals surface area contributed by atoms with Crippen molar-refractivity contribution in [2.24, 2.45) is 0 Å². The van der Waals surface area contributed by atoms with Crippen LogP contribution in [0.25, 0.3) is 10.8 Å². The molecule has 1 amide bonds. The number of anilines is 1. The van der Waals surface area contributed by atoms with Crippen LogP contribution in [0.4, 0.5) is 10.5 Å². The van der Waals surface area contributed by atoms with E-state index in [2.05, 4.69) is 16.3 Å². The SMILES string of the molecule is COc1cc2c(Cc3ccc4c(c3)CCN4C(=O)OC(C)(C)C)n[nH]c(=O)c2cc1OC. The first-order chi connectivity index (χ1) is 15.2. The van der Waals surface area contributed by atoms with E-state index >= 15 is 0 Å². The average molecular weight is 437 g/mol. The number of H-pyrrole nitrogens is 1. The third-order valence-corrected chi connectivity index (χ3v) is 5.40. The van der Waals surface area contributed by atoms with E-state index in [0.29, 0.717) is 35.2 Å². The molecule has 1 N–H and O–H groups in total. The highest BCUT2D eigenvalue weighted by molar-refractivity contribution is 5.91. The Hall–Kier alpha value is -3.55. The molecule has 0 saturated carbocycles. The van der Waals surface area contributed by atoms with E-state index in [4.69, 9.17) is 14.2 Å². The van der Waals surface area contributed by atoms with Crippen molar-refractivity contribution in [1.82, 2.24) is 10.2 Å². The fourth-order valence-electron chi connectivity index (χ4n) is 3.94. The normalized spacial score (nSPS) is 13.2. The Balaban J connectivity index is 1.65. The summed E-state index contributed by atoms with van der Waals surface area (Å²) in [5.41, 5.74) is 2.88. The number of ether oxygens (including phenoxy) is 3. The first-order valence-corrected chi connectivity index (χ1v) is 10.5. The number of hydrogen-bond acceptors (Lipinski definition) is 6. The Morgan fingerprint density at radius 1 is 1.09 bits per heavy atom. The Bertz CT molecular complexity index is 1240. The maximum absolute atomic E-state index is 12.5. The summed E-state index contributed by atoms with van der Waals surface area (Å²) in [6.07, 6.45) is 0.939. The Morgan fingerprint density at radius 3 is 2.44 bits per heavy atom. The lowest BCUT2D eigenvalue weighted by Gasteiger charge is -2.24. The predicted octanol–water partition coefficient (Wildman–Crippen LogP) is 3.83. The lowest BCUT2D eigenvalue weighted by molar-refractivity contribution is 0.0584. The van der Waals surface area contributed by atoms with Crippen molar-refractivity contribution >= 4 is 22.6 Å². The minimum absolute atomic E-state index is 0.286. The second kappa shape index (κ2) is 8.18. The minimum atomic E-state index is -0.541. The van der Waals surface area contributed by atoms with Crippen molar-refractivity contribution in [3.8, 4) is 11.5 Å². The van der Waals surface area contributed by atoms with Crippen molar-refractivity contribution in [2.45, 2.75) is 39.2 Å². The van der Waals surface area contributed by atoms with Crippen molar-refractivity contribution in [3.63, 3.8) is 0 Å². The standard InChI is InChI=1S/C24H27N3O5/c1-24(2,3)32-23(29)27-9-8-15-10-14(6-7-19(15)27)11-18-16-12-20(30-4)21(31-5)13-17(16)22(28)26-25-18/h6-7,10,12-13H,8-9,11H2,1-5H3,(H,26,28). The number of carbonyl (C=O) groups excluding carboxylic acids is 1. The first-order valence-electron chi connectivity index (χ1n) is 10.5. The van der Waals surface area contributed by atoms with Gasteiger partial charge in [0.15, 0.2) is 11.5 Å². The van der Waals surface area contributed by atoms with Gasteiger partial charge in [-0.15, -0.1) is 0 Å². The van der Waals surface area contributed by atoms with E-state index in [1.807, 2.05) is 32.9 Å². The fraction of sp³-hybridized carbons (Fsp3) is 0.375. The van der Waals surface area contributed by atoms with E-state index in [0.717, 1.165) is 28.9 Å². The zero-order valence-electron chi connectivity index (χ0n) is 18.9. The smallest absolute Gasteiger partial charge is 0.414 e. The van der Waals surface area contributed by atoms with Gasteiger partial charge in [-0.25, -0.2) is 9.89 Å². The lowest BCUT2D eigenvalue weighted by Crippen LogP contribution is -2.35. The molecule has 0 saturated heterocycles. The van der Waals surface area contributed by atoms with E-state index < -0.39 is 5.60 Å². The van der Waals surface area contributed by atoms with Gasteiger partial charge in [-0.2, -0.15) is 5.10 Å². The van der Waals surface area contributed by atoms with E-state index in [-0.39, 0.29) is 11.7 Å². The number of carbonyl (C=O) groups is 1. The highest BCUT2D eigenvalue weighted by Gasteiger charge is 2.29. The topological polar surface area (TPSA) is 93.7 Å². The van der Waals surface area contributed by atoms with Crippen LogP contribution in [0.3, 0.4) is 0 Å². The second-order valence-electron chi connectivity index (χ2n) is 8.77. The molecule has 1 aliphatic rings. The van der Waals surface area contributed by atoms with Crippen LogP contribution in [-0.4, -0.2) is 42.7 Å². The van der Waals surface area contributed by atoms with Crippen LogP contribution in [-0.2, 0) is 17.6 Å². The summed E-state index contributed by atoms with van der Waals surface area (Å²) in [6.45, 7) is 6.16. The Morgan fingerprint density at radius 2 is 1.78 bits per heavy atom. The molecule has 0 bridgehead atoms. The van der Waals surface area contributed by atoms with Gasteiger partial charge < -0.3 is 14.2 Å². The molecular weight excluding hydrogens is 410 g/mol. The van der Waals surface area contributed by atoms with Gasteiger partial charge in [0.1, 0.15) is 5.60 Å². The minimum Gasteiger partial charge on any atom is -0.493 e. The maximum atomic E-state index is 12.5. The summed E-state index contributed by atoms with van der Waals surface area (Å²) in [7, 11) is 3.09. The predicted molar refractivity (Wildman–Crippen MR) is 122 cm³/mol. The first kappa shape index (κ1) is 21.7. The fourth-order valence-corrected chi connectivity index (χ4v) is 3.94. The number of fused-ring (bicyclic) bond motifs is 2. The third kappa shape index (κ3) is 4.12. The molecule has 8 nitrogen and oxygen atoms in total. The molecule has 0 radical (unpaired) electrons. The van der Waals surface area contributed by atoms with Gasteiger partial charge in [0.05, 0.1) is 31.0 Å². The summed E-state index contributed by atoms with van der Waals surface area (Å²) < 4.78 is 16.3. The molecule has 0 unspecified atom stereocenters. The van der Waals surface area contributed by atoms with Crippen molar-refractivity contribution in [3.05, 3.63) is 57.5 Å². The van der Waals surface area contributed by atoms with Crippen LogP contribution in [0, 0.1) is 0 Å². The van der Waals surface area contributed by atoms with Crippen LogP contribution >= 0.6 is 0 Å². The molecule has 2 heterocycles. The molecule has 1 aromatic heterocycles. The molecule has 4 rings (SSSR count). The molecule has 168 valence electrons. The molecular formula is C24H27N3O5. The van der Waals surface area contributed by atoms with Crippen LogP contribution in [0.2, 0.25) is 0 Å². The summed E-state index contributed by atoms with van der Waals surface area (Å²) >= 11 is 0. The molecule has 2 aromatic carbocycles. The number of aromatic nitrogens is 2. The van der Waals surface area contributed by atoms with Gasteiger partial charge in [0, 0.05) is 18.4 Å². The van der Waals surface area contributed by atoms with Crippen molar-refractivity contribution < 1.29 is 19.0 Å². The zero-order chi connectivity index (χ0) is 23.0. The van der Waals surface area contributed by atoms with Gasteiger partial charge >= 0.3 is 6.09 Å². The van der Waals surface area contributed by atoms with Crippen LogP contribution in [0.1, 0.15) is 37.6 Å². The lowest BCUT2D eigenvalue weighted by atomic mass is 10.0. The highest BCUT2D eigenvalue weighted by Crippen LogP contribution is 2.34. The van der Waals surface area contributed by atoms with Crippen molar-refractivity contribution in [1.29, 1.82) is 0 Å². The third-order valence-electron chi connectivity index (χ3n) is 5.40. The van der Waals surface area contributed by atoms with Crippen LogP contribution in [0.15, 0.2) is 35.1 Å². The quantitative estimate of drug-likeness (QED) is 0.667. The molecule has 32 heavy (non-hydrogen) atoms. The van der Waals surface area contributed by atoms with E-state index in [1.165, 1.54) is 7.11 Å². The van der Waals surface area contributed by atoms with E-state index in [1.54, 1.807) is 24.1 Å². The number of methoxy groups -OCH3 is 2. The Labute approximate surface area is 186 Å². The number of hydrogen-bond donors (Lipinski definition) is 1. The van der Waals surface area contributed by atoms with Gasteiger partial charge in [-0.1, -0.05) is 12.1 Å². The number of nitrogens with one attached hydrogen (secondary N) is 1. The largest absolute Gasteiger partial charge is 0.493 e. The summed E-state index contributed by atoms with van der Waals surface area (Å²) in [6, 6.07) is 9.45. The summed E-state index contributed by atoms with van der Waals surface area (Å²) in [4.78, 5) is 26.5. The maximum Gasteiger partial charge on any atom is 0.414 e. The highest BCUT2D eigenvalue weighted by atomic mass is 16.6. The van der Waals surface area contributed by atoms with Crippen LogP contribution < -0.4 is 19.9 Å². The molecule has 0 aliphatic carbocycles. The van der Waals surface area contributed by atoms with Crippen LogP contribution in [0.5, 0.6) is 11.5 Å². The van der Waals surface area contributed by atoms with Gasteiger partial charge in [-0.3, -0.25) is 9.69 Å². The number of rotatable bonds is 4. The molecule has 0 spiro atoms. The average Bonchev–Trinajstić information content (AvgIpc) is 3.17. The summed E-state index contributed by atoms with van der Waals surface area (Å²) in [5.74, 6) is 1.03. The number of aromatic amines is 1.